The van der Waals surface area contributed by atoms with E-state index < -0.39 is 0 Å². The van der Waals surface area contributed by atoms with Crippen LogP contribution in [-0.4, -0.2) is 42.3 Å². The highest BCUT2D eigenvalue weighted by Crippen LogP contribution is 2.22. The number of nitrogens with one attached hydrogen (secondary N) is 1. The lowest BCUT2D eigenvalue weighted by Crippen LogP contribution is -2.38. The molecule has 0 radical (unpaired) electrons. The predicted molar refractivity (Wildman–Crippen MR) is 102 cm³/mol. The Hall–Kier alpha value is -1.68. The molecule has 25 heavy (non-hydrogen) atoms. The third-order valence-electron chi connectivity index (χ3n) is 5.11. The van der Waals surface area contributed by atoms with Crippen LogP contribution in [0.15, 0.2) is 18.2 Å². The lowest BCUT2D eigenvalue weighted by atomic mass is 9.89. The number of Topliss-reactive ketones (excluding diaryl/α,β-unsaturated/α-hetero) is 1. The van der Waals surface area contributed by atoms with E-state index in [1.165, 1.54) is 24.0 Å². The van der Waals surface area contributed by atoms with Crippen molar-refractivity contribution in [1.29, 1.82) is 0 Å². The van der Waals surface area contributed by atoms with Crippen LogP contribution in [0.5, 0.6) is 0 Å². The number of aryl methyl sites for hydroxylation is 2. The zero-order valence-corrected chi connectivity index (χ0v) is 15.9. The van der Waals surface area contributed by atoms with Crippen LogP contribution in [0, 0.1) is 0 Å². The minimum atomic E-state index is -0.0360. The number of fused-ring (bicyclic) bond motifs is 1. The molecule has 0 unspecified atom stereocenters. The molecule has 0 aromatic heterocycles. The molecule has 0 heterocycles. The smallest absolute Gasteiger partial charge is 0.220 e. The van der Waals surface area contributed by atoms with Gasteiger partial charge in [-0.25, -0.2) is 0 Å². The van der Waals surface area contributed by atoms with Crippen molar-refractivity contribution in [1.82, 2.24) is 10.2 Å². The molecule has 0 bridgehead atoms. The van der Waals surface area contributed by atoms with Gasteiger partial charge in [0.2, 0.25) is 5.91 Å². The van der Waals surface area contributed by atoms with Gasteiger partial charge in [0.05, 0.1) is 0 Å². The third kappa shape index (κ3) is 5.96. The summed E-state index contributed by atoms with van der Waals surface area (Å²) in [4.78, 5) is 26.6. The van der Waals surface area contributed by atoms with E-state index in [9.17, 15) is 9.59 Å². The fourth-order valence-corrected chi connectivity index (χ4v) is 3.49. The van der Waals surface area contributed by atoms with Crippen LogP contribution in [0.4, 0.5) is 0 Å². The van der Waals surface area contributed by atoms with Crippen LogP contribution in [0.2, 0.25) is 0 Å². The molecule has 1 aliphatic rings. The lowest BCUT2D eigenvalue weighted by molar-refractivity contribution is -0.121. The van der Waals surface area contributed by atoms with E-state index in [0.717, 1.165) is 31.5 Å². The summed E-state index contributed by atoms with van der Waals surface area (Å²) >= 11 is 0. The minimum Gasteiger partial charge on any atom is -0.355 e. The molecule has 1 amide bonds. The maximum absolute atomic E-state index is 12.4. The van der Waals surface area contributed by atoms with Gasteiger partial charge in [-0.15, -0.1) is 0 Å². The Balaban J connectivity index is 1.75. The number of hydrogen-bond acceptors (Lipinski definition) is 3. The molecule has 0 saturated heterocycles. The SMILES string of the molecule is CCN(CCNC(=O)CCC(=O)c1ccc2c(c1)CCCC2)C(C)C. The molecule has 4 nitrogen and oxygen atoms in total. The third-order valence-corrected chi connectivity index (χ3v) is 5.11. The molecule has 0 aliphatic heterocycles. The van der Waals surface area contributed by atoms with Crippen molar-refractivity contribution in [2.75, 3.05) is 19.6 Å². The Morgan fingerprint density at radius 1 is 1.12 bits per heavy atom. The first kappa shape index (κ1) is 19.6. The molecule has 138 valence electrons. The fraction of sp³-hybridized carbons (Fsp3) is 0.619. The summed E-state index contributed by atoms with van der Waals surface area (Å²) in [5, 5.41) is 2.93. The normalized spacial score (nSPS) is 13.8. The van der Waals surface area contributed by atoms with Crippen molar-refractivity contribution < 1.29 is 9.59 Å². The molecule has 2 rings (SSSR count). The van der Waals surface area contributed by atoms with Crippen molar-refractivity contribution in [3.8, 4) is 0 Å². The Labute approximate surface area is 152 Å². The van der Waals surface area contributed by atoms with E-state index in [2.05, 4.69) is 37.1 Å². The zero-order chi connectivity index (χ0) is 18.2. The average Bonchev–Trinajstić information content (AvgIpc) is 2.62. The highest BCUT2D eigenvalue weighted by atomic mass is 16.2. The van der Waals surface area contributed by atoms with Gasteiger partial charge in [-0.2, -0.15) is 0 Å². The molecule has 1 aromatic carbocycles. The molecule has 0 atom stereocenters. The first-order valence-corrected chi connectivity index (χ1v) is 9.67. The number of rotatable bonds is 9. The van der Waals surface area contributed by atoms with Gasteiger partial charge < -0.3 is 5.32 Å². The van der Waals surface area contributed by atoms with Crippen LogP contribution in [0.3, 0.4) is 0 Å². The second-order valence-corrected chi connectivity index (χ2v) is 7.19. The minimum absolute atomic E-state index is 0.0360. The van der Waals surface area contributed by atoms with Crippen LogP contribution >= 0.6 is 0 Å². The number of hydrogen-bond donors (Lipinski definition) is 1. The molecule has 0 saturated carbocycles. The van der Waals surface area contributed by atoms with Crippen molar-refractivity contribution in [3.05, 3.63) is 34.9 Å². The standard InChI is InChI=1S/C21H32N2O2/c1-4-23(16(2)3)14-13-22-21(25)12-11-20(24)19-10-9-17-7-5-6-8-18(17)15-19/h9-10,15-16H,4-8,11-14H2,1-3H3,(H,22,25). The summed E-state index contributed by atoms with van der Waals surface area (Å²) in [6.45, 7) is 8.89. The largest absolute Gasteiger partial charge is 0.355 e. The first-order valence-electron chi connectivity index (χ1n) is 9.67. The van der Waals surface area contributed by atoms with E-state index in [1.807, 2.05) is 12.1 Å². The van der Waals surface area contributed by atoms with Crippen molar-refractivity contribution in [2.45, 2.75) is 65.3 Å². The highest BCUT2D eigenvalue weighted by Gasteiger charge is 2.14. The van der Waals surface area contributed by atoms with Gasteiger partial charge in [0.15, 0.2) is 5.78 Å². The van der Waals surface area contributed by atoms with Crippen LogP contribution in [0.25, 0.3) is 0 Å². The highest BCUT2D eigenvalue weighted by molar-refractivity contribution is 5.98. The Morgan fingerprint density at radius 2 is 1.84 bits per heavy atom. The second kappa shape index (κ2) is 9.71. The van der Waals surface area contributed by atoms with Gasteiger partial charge in [0.1, 0.15) is 0 Å². The summed E-state index contributed by atoms with van der Waals surface area (Å²) in [5.41, 5.74) is 3.45. The Morgan fingerprint density at radius 3 is 2.52 bits per heavy atom. The monoisotopic (exact) mass is 344 g/mol. The fourth-order valence-electron chi connectivity index (χ4n) is 3.49. The molecule has 0 fully saturated rings. The summed E-state index contributed by atoms with van der Waals surface area (Å²) < 4.78 is 0. The maximum Gasteiger partial charge on any atom is 0.220 e. The number of benzene rings is 1. The predicted octanol–water partition coefficient (Wildman–Crippen LogP) is 3.37. The van der Waals surface area contributed by atoms with Crippen molar-refractivity contribution in [2.24, 2.45) is 0 Å². The van der Waals surface area contributed by atoms with E-state index >= 15 is 0 Å². The summed E-state index contributed by atoms with van der Waals surface area (Å²) in [6.07, 6.45) is 5.19. The number of likely N-dealkylation sites (N-methyl/N-ethyl adjacent to an activating group) is 1. The topological polar surface area (TPSA) is 49.4 Å². The number of amides is 1. The number of carbonyl (C=O) groups excluding carboxylic acids is 2. The van der Waals surface area contributed by atoms with Crippen LogP contribution < -0.4 is 5.32 Å². The summed E-state index contributed by atoms with van der Waals surface area (Å²) in [6, 6.07) is 6.53. The van der Waals surface area contributed by atoms with E-state index in [0.29, 0.717) is 12.6 Å². The molecule has 1 aliphatic carbocycles. The van der Waals surface area contributed by atoms with E-state index in [1.54, 1.807) is 0 Å². The van der Waals surface area contributed by atoms with Crippen molar-refractivity contribution >= 4 is 11.7 Å². The molecular formula is C21H32N2O2. The van der Waals surface area contributed by atoms with Crippen LogP contribution in [-0.2, 0) is 17.6 Å². The molecular weight excluding hydrogens is 312 g/mol. The molecule has 1 aromatic rings. The van der Waals surface area contributed by atoms with Gasteiger partial charge in [-0.05, 0) is 63.3 Å². The Kier molecular flexibility index (Phi) is 7.63. The van der Waals surface area contributed by atoms with Gasteiger partial charge in [0, 0.05) is 37.5 Å². The van der Waals surface area contributed by atoms with E-state index in [-0.39, 0.29) is 24.5 Å². The quantitative estimate of drug-likeness (QED) is 0.699. The lowest BCUT2D eigenvalue weighted by Gasteiger charge is -2.24. The molecule has 0 spiro atoms. The van der Waals surface area contributed by atoms with Crippen LogP contribution in [0.1, 0.15) is 67.9 Å². The van der Waals surface area contributed by atoms with Gasteiger partial charge >= 0.3 is 0 Å². The number of ketones is 1. The zero-order valence-electron chi connectivity index (χ0n) is 15.9. The van der Waals surface area contributed by atoms with Gasteiger partial charge in [-0.3, -0.25) is 14.5 Å². The summed E-state index contributed by atoms with van der Waals surface area (Å²) in [7, 11) is 0. The second-order valence-electron chi connectivity index (χ2n) is 7.19. The first-order chi connectivity index (χ1) is 12.0. The number of carbonyl (C=O) groups is 2. The van der Waals surface area contributed by atoms with Crippen molar-refractivity contribution in [3.63, 3.8) is 0 Å². The van der Waals surface area contributed by atoms with E-state index in [4.69, 9.17) is 0 Å². The van der Waals surface area contributed by atoms with Gasteiger partial charge in [0.25, 0.3) is 0 Å². The van der Waals surface area contributed by atoms with Gasteiger partial charge in [-0.1, -0.05) is 19.1 Å². The molecule has 4 heteroatoms. The molecule has 1 N–H and O–H groups in total. The number of nitrogens with zero attached hydrogens (tertiary/aromatic N) is 1. The maximum atomic E-state index is 12.4. The average molecular weight is 344 g/mol. The Bertz CT molecular complexity index is 596. The summed E-state index contributed by atoms with van der Waals surface area (Å²) in [5.74, 6) is 0.0343.